The maximum absolute atomic E-state index is 13.1. The summed E-state index contributed by atoms with van der Waals surface area (Å²) in [6, 6.07) is 19.1. The van der Waals surface area contributed by atoms with Gasteiger partial charge in [0.1, 0.15) is 5.82 Å². The molecular formula is C29H36N6O2S. The molecule has 9 heteroatoms. The lowest BCUT2D eigenvalue weighted by Gasteiger charge is -2.29. The van der Waals surface area contributed by atoms with Gasteiger partial charge in [0, 0.05) is 44.0 Å². The zero-order chi connectivity index (χ0) is 26.7. The number of aromatic nitrogens is 3. The zero-order valence-electron chi connectivity index (χ0n) is 22.3. The second-order valence-electron chi connectivity index (χ2n) is 10.4. The first kappa shape index (κ1) is 26.2. The van der Waals surface area contributed by atoms with Gasteiger partial charge in [0.15, 0.2) is 0 Å². The fraction of sp³-hybridized carbons (Fsp3) is 0.379. The normalized spacial score (nSPS) is 18.0. The van der Waals surface area contributed by atoms with Gasteiger partial charge in [0.2, 0.25) is 5.95 Å². The van der Waals surface area contributed by atoms with Crippen LogP contribution in [-0.2, 0) is 16.6 Å². The third-order valence-corrected chi connectivity index (χ3v) is 9.04. The molecule has 1 aliphatic carbocycles. The quantitative estimate of drug-likeness (QED) is 0.320. The number of hydrogen-bond donors (Lipinski definition) is 2. The molecule has 4 aromatic rings. The molecule has 0 unspecified atom stereocenters. The number of rotatable bonds is 9. The Hall–Kier alpha value is -3.43. The molecule has 0 radical (unpaired) electrons. The summed E-state index contributed by atoms with van der Waals surface area (Å²) in [4.78, 5) is 11.9. The van der Waals surface area contributed by atoms with Crippen LogP contribution in [0.15, 0.2) is 71.8 Å². The van der Waals surface area contributed by atoms with Crippen molar-refractivity contribution in [3.63, 3.8) is 0 Å². The van der Waals surface area contributed by atoms with Gasteiger partial charge < -0.3 is 15.5 Å². The van der Waals surface area contributed by atoms with E-state index in [2.05, 4.69) is 16.7 Å². The molecule has 2 aromatic heterocycles. The maximum Gasteiger partial charge on any atom is 0.267 e. The number of nitrogens with zero attached hydrogens (tertiary/aromatic N) is 4. The Labute approximate surface area is 225 Å². The Bertz CT molecular complexity index is 1490. The summed E-state index contributed by atoms with van der Waals surface area (Å²) in [5, 5.41) is 8.12. The summed E-state index contributed by atoms with van der Waals surface area (Å²) in [6.45, 7) is 3.32. The van der Waals surface area contributed by atoms with E-state index >= 15 is 0 Å². The van der Waals surface area contributed by atoms with Crippen molar-refractivity contribution in [2.75, 3.05) is 30.9 Å². The molecule has 0 aliphatic heterocycles. The van der Waals surface area contributed by atoms with E-state index < -0.39 is 10.0 Å². The number of fused-ring (bicyclic) bond motifs is 1. The summed E-state index contributed by atoms with van der Waals surface area (Å²) in [5.74, 6) is 2.16. The van der Waals surface area contributed by atoms with Gasteiger partial charge in [0.25, 0.3) is 10.0 Å². The molecule has 5 rings (SSSR count). The van der Waals surface area contributed by atoms with Crippen LogP contribution in [-0.4, -0.2) is 49.0 Å². The lowest BCUT2D eigenvalue weighted by Crippen LogP contribution is -2.32. The summed E-state index contributed by atoms with van der Waals surface area (Å²) in [6.07, 6.45) is 5.93. The van der Waals surface area contributed by atoms with Crippen molar-refractivity contribution < 1.29 is 8.42 Å². The number of anilines is 2. The van der Waals surface area contributed by atoms with Gasteiger partial charge in [-0.1, -0.05) is 29.8 Å². The van der Waals surface area contributed by atoms with Crippen LogP contribution in [0.4, 0.5) is 11.8 Å². The van der Waals surface area contributed by atoms with Crippen LogP contribution in [0.1, 0.15) is 36.9 Å². The van der Waals surface area contributed by atoms with Crippen LogP contribution in [0.2, 0.25) is 0 Å². The van der Waals surface area contributed by atoms with Gasteiger partial charge >= 0.3 is 0 Å². The summed E-state index contributed by atoms with van der Waals surface area (Å²) < 4.78 is 27.6. The predicted molar refractivity (Wildman–Crippen MR) is 153 cm³/mol. The Kier molecular flexibility index (Phi) is 7.67. The van der Waals surface area contributed by atoms with Crippen LogP contribution in [0, 0.1) is 12.8 Å². The predicted octanol–water partition coefficient (Wildman–Crippen LogP) is 4.80. The molecule has 2 heterocycles. The first-order valence-electron chi connectivity index (χ1n) is 13.2. The highest BCUT2D eigenvalue weighted by atomic mass is 32.2. The SMILES string of the molecule is Cc1ccc(S(=O)(=O)n2cccc2CNCC2CCC(Nc3nc(N(C)C)c4ccccc4n3)CC2)cc1. The van der Waals surface area contributed by atoms with Gasteiger partial charge in [-0.05, 0) is 81.5 Å². The van der Waals surface area contributed by atoms with Gasteiger partial charge in [0.05, 0.1) is 10.4 Å². The van der Waals surface area contributed by atoms with Crippen LogP contribution >= 0.6 is 0 Å². The number of aryl methyl sites for hydroxylation is 1. The smallest absolute Gasteiger partial charge is 0.267 e. The first-order valence-corrected chi connectivity index (χ1v) is 14.6. The second kappa shape index (κ2) is 11.1. The van der Waals surface area contributed by atoms with E-state index in [1.165, 1.54) is 3.97 Å². The standard InChI is InChI=1S/C29H36N6O2S/c1-21-10-16-25(17-11-21)38(36,37)35-18-6-7-24(35)20-30-19-22-12-14-23(15-13-22)31-29-32-27-9-5-4-8-26(27)28(33-29)34(2)3/h4-11,16-18,22-23,30H,12-15,19-20H2,1-3H3,(H,31,32,33). The van der Waals surface area contributed by atoms with Crippen LogP contribution < -0.4 is 15.5 Å². The Balaban J connectivity index is 1.14. The van der Waals surface area contributed by atoms with Crippen molar-refractivity contribution in [2.24, 2.45) is 5.92 Å². The van der Waals surface area contributed by atoms with E-state index in [-0.39, 0.29) is 0 Å². The molecule has 8 nitrogen and oxygen atoms in total. The van der Waals surface area contributed by atoms with Crippen molar-refractivity contribution in [3.05, 3.63) is 78.1 Å². The third kappa shape index (κ3) is 5.68. The van der Waals surface area contributed by atoms with Crippen molar-refractivity contribution in [1.29, 1.82) is 0 Å². The molecule has 0 atom stereocenters. The van der Waals surface area contributed by atoms with Gasteiger partial charge in [-0.3, -0.25) is 0 Å². The molecular weight excluding hydrogens is 496 g/mol. The zero-order valence-corrected chi connectivity index (χ0v) is 23.1. The fourth-order valence-electron chi connectivity index (χ4n) is 5.16. The highest BCUT2D eigenvalue weighted by molar-refractivity contribution is 7.90. The molecule has 2 N–H and O–H groups in total. The number of hydrogen-bond acceptors (Lipinski definition) is 7. The van der Waals surface area contributed by atoms with Crippen LogP contribution in [0.25, 0.3) is 10.9 Å². The lowest BCUT2D eigenvalue weighted by molar-refractivity contribution is 0.323. The molecule has 2 aromatic carbocycles. The molecule has 0 bridgehead atoms. The van der Waals surface area contributed by atoms with Crippen molar-refractivity contribution >= 4 is 32.7 Å². The molecule has 0 spiro atoms. The molecule has 1 fully saturated rings. The van der Waals surface area contributed by atoms with E-state index in [9.17, 15) is 8.42 Å². The van der Waals surface area contributed by atoms with E-state index in [4.69, 9.17) is 9.97 Å². The van der Waals surface area contributed by atoms with Crippen molar-refractivity contribution in [1.82, 2.24) is 19.3 Å². The molecule has 38 heavy (non-hydrogen) atoms. The minimum atomic E-state index is -3.60. The Morgan fingerprint density at radius 3 is 2.42 bits per heavy atom. The summed E-state index contributed by atoms with van der Waals surface area (Å²) >= 11 is 0. The second-order valence-corrected chi connectivity index (χ2v) is 12.2. The number of nitrogens with one attached hydrogen (secondary N) is 2. The van der Waals surface area contributed by atoms with Crippen LogP contribution in [0.5, 0.6) is 0 Å². The van der Waals surface area contributed by atoms with E-state index in [1.54, 1.807) is 24.4 Å². The van der Waals surface area contributed by atoms with E-state index in [1.807, 2.05) is 62.3 Å². The molecule has 0 saturated heterocycles. The highest BCUT2D eigenvalue weighted by Gasteiger charge is 2.23. The molecule has 1 aliphatic rings. The average molecular weight is 533 g/mol. The number of benzene rings is 2. The molecule has 1 saturated carbocycles. The monoisotopic (exact) mass is 532 g/mol. The van der Waals surface area contributed by atoms with Crippen molar-refractivity contribution in [3.8, 4) is 0 Å². The minimum absolute atomic E-state index is 0.305. The van der Waals surface area contributed by atoms with E-state index in [0.717, 1.165) is 60.2 Å². The minimum Gasteiger partial charge on any atom is -0.362 e. The highest BCUT2D eigenvalue weighted by Crippen LogP contribution is 2.28. The average Bonchev–Trinajstić information content (AvgIpc) is 3.39. The number of para-hydroxylation sites is 1. The van der Waals surface area contributed by atoms with Crippen LogP contribution in [0.3, 0.4) is 0 Å². The maximum atomic E-state index is 13.1. The third-order valence-electron chi connectivity index (χ3n) is 7.30. The topological polar surface area (TPSA) is 92.2 Å². The van der Waals surface area contributed by atoms with E-state index in [0.29, 0.717) is 29.3 Å². The Morgan fingerprint density at radius 2 is 1.68 bits per heavy atom. The lowest BCUT2D eigenvalue weighted by atomic mass is 9.86. The summed E-state index contributed by atoms with van der Waals surface area (Å²) in [7, 11) is 0.407. The first-order chi connectivity index (χ1) is 18.3. The summed E-state index contributed by atoms with van der Waals surface area (Å²) in [5.41, 5.74) is 2.72. The van der Waals surface area contributed by atoms with Crippen molar-refractivity contribution in [2.45, 2.75) is 50.1 Å². The largest absolute Gasteiger partial charge is 0.362 e. The molecule has 0 amide bonds. The van der Waals surface area contributed by atoms with Gasteiger partial charge in [-0.15, -0.1) is 0 Å². The molecule has 200 valence electrons. The van der Waals surface area contributed by atoms with Gasteiger partial charge in [-0.2, -0.15) is 4.98 Å². The Morgan fingerprint density at radius 1 is 0.947 bits per heavy atom. The fourth-order valence-corrected chi connectivity index (χ4v) is 6.53. The van der Waals surface area contributed by atoms with Gasteiger partial charge in [-0.25, -0.2) is 17.4 Å².